The van der Waals surface area contributed by atoms with Gasteiger partial charge in [-0.15, -0.1) is 13.2 Å². The number of benzene rings is 1. The number of esters is 1. The van der Waals surface area contributed by atoms with Crippen LogP contribution in [0.3, 0.4) is 0 Å². The number of rotatable bonds is 9. The summed E-state index contributed by atoms with van der Waals surface area (Å²) >= 11 is 0. The van der Waals surface area contributed by atoms with Crippen molar-refractivity contribution in [3.63, 3.8) is 0 Å². The number of nitrogens with two attached hydrogens (primary N) is 1. The Balaban J connectivity index is 2.55. The van der Waals surface area contributed by atoms with Crippen molar-refractivity contribution in [3.8, 4) is 0 Å². The van der Waals surface area contributed by atoms with Crippen LogP contribution in [-0.4, -0.2) is 42.5 Å². The molecule has 7 heteroatoms. The molecular weight excluding hydrogens is 310 g/mol. The minimum absolute atomic E-state index is 0.265. The fraction of sp³-hybridized carbons (Fsp3) is 0.235. The molecule has 128 valence electrons. The minimum Gasteiger partial charge on any atom is -0.452 e. The van der Waals surface area contributed by atoms with Crippen molar-refractivity contribution in [1.29, 1.82) is 0 Å². The predicted molar refractivity (Wildman–Crippen MR) is 90.1 cm³/mol. The van der Waals surface area contributed by atoms with E-state index in [1.165, 1.54) is 4.90 Å². The van der Waals surface area contributed by atoms with Crippen molar-refractivity contribution >= 4 is 17.9 Å². The molecule has 0 aliphatic heterocycles. The molecule has 0 aromatic heterocycles. The van der Waals surface area contributed by atoms with Crippen LogP contribution in [0.4, 0.5) is 4.79 Å². The Morgan fingerprint density at radius 3 is 2.21 bits per heavy atom. The zero-order valence-corrected chi connectivity index (χ0v) is 13.4. The molecule has 1 rings (SSSR count). The van der Waals surface area contributed by atoms with Crippen molar-refractivity contribution in [2.75, 3.05) is 19.7 Å². The summed E-state index contributed by atoms with van der Waals surface area (Å²) in [6.07, 6.45) is 3.17. The van der Waals surface area contributed by atoms with Crippen molar-refractivity contribution in [2.24, 2.45) is 5.73 Å². The largest absolute Gasteiger partial charge is 0.452 e. The maximum absolute atomic E-state index is 12.0. The topological polar surface area (TPSA) is 102 Å². The molecule has 3 N–H and O–H groups in total. The number of hydrogen-bond acceptors (Lipinski definition) is 4. The maximum atomic E-state index is 12.0. The highest BCUT2D eigenvalue weighted by Gasteiger charge is 2.14. The lowest BCUT2D eigenvalue weighted by Gasteiger charge is -2.18. The highest BCUT2D eigenvalue weighted by atomic mass is 16.5. The van der Waals surface area contributed by atoms with E-state index in [0.29, 0.717) is 18.7 Å². The number of primary amides is 1. The van der Waals surface area contributed by atoms with Crippen LogP contribution in [0.2, 0.25) is 0 Å². The van der Waals surface area contributed by atoms with Gasteiger partial charge in [-0.3, -0.25) is 4.79 Å². The number of amides is 3. The molecule has 0 fully saturated rings. The van der Waals surface area contributed by atoms with E-state index >= 15 is 0 Å². The molecule has 0 aliphatic rings. The van der Waals surface area contributed by atoms with Gasteiger partial charge >= 0.3 is 12.0 Å². The molecule has 1 aromatic rings. The molecule has 0 atom stereocenters. The molecule has 0 heterocycles. The van der Waals surface area contributed by atoms with Gasteiger partial charge in [0.15, 0.2) is 6.61 Å². The summed E-state index contributed by atoms with van der Waals surface area (Å²) < 4.78 is 5.01. The van der Waals surface area contributed by atoms with Gasteiger partial charge in [-0.2, -0.15) is 0 Å². The van der Waals surface area contributed by atoms with Crippen molar-refractivity contribution < 1.29 is 19.1 Å². The molecule has 0 unspecified atom stereocenters. The van der Waals surface area contributed by atoms with Crippen LogP contribution in [-0.2, 0) is 16.1 Å². The van der Waals surface area contributed by atoms with E-state index in [1.54, 1.807) is 36.4 Å². The zero-order chi connectivity index (χ0) is 17.9. The van der Waals surface area contributed by atoms with Gasteiger partial charge in [0, 0.05) is 19.6 Å². The fourth-order valence-corrected chi connectivity index (χ4v) is 1.84. The number of ether oxygens (including phenoxy) is 1. The third-order valence-corrected chi connectivity index (χ3v) is 3.03. The Bertz CT molecular complexity index is 601. The molecule has 0 radical (unpaired) electrons. The summed E-state index contributed by atoms with van der Waals surface area (Å²) in [5.41, 5.74) is 6.07. The van der Waals surface area contributed by atoms with Gasteiger partial charge in [0.2, 0.25) is 0 Å². The van der Waals surface area contributed by atoms with E-state index in [9.17, 15) is 14.4 Å². The second-order valence-electron chi connectivity index (χ2n) is 4.87. The van der Waals surface area contributed by atoms with Crippen molar-refractivity contribution in [1.82, 2.24) is 10.2 Å². The number of nitrogens with zero attached hydrogens (tertiary/aromatic N) is 1. The first-order valence-corrected chi connectivity index (χ1v) is 7.26. The van der Waals surface area contributed by atoms with Crippen LogP contribution in [0.25, 0.3) is 0 Å². The SMILES string of the molecule is C=CCN(CC=C)C(=O)COC(=O)c1ccc(CNC(N)=O)cc1. The summed E-state index contributed by atoms with van der Waals surface area (Å²) in [7, 11) is 0. The molecule has 0 aliphatic carbocycles. The number of carbonyl (C=O) groups is 3. The monoisotopic (exact) mass is 331 g/mol. The number of nitrogens with one attached hydrogen (secondary N) is 1. The smallest absolute Gasteiger partial charge is 0.338 e. The van der Waals surface area contributed by atoms with E-state index < -0.39 is 12.0 Å². The van der Waals surface area contributed by atoms with Gasteiger partial charge in [0.05, 0.1) is 5.56 Å². The van der Waals surface area contributed by atoms with Crippen LogP contribution in [0.5, 0.6) is 0 Å². The van der Waals surface area contributed by atoms with Gasteiger partial charge in [0.25, 0.3) is 5.91 Å². The first kappa shape index (κ1) is 19.0. The first-order chi connectivity index (χ1) is 11.5. The van der Waals surface area contributed by atoms with Crippen LogP contribution < -0.4 is 11.1 Å². The van der Waals surface area contributed by atoms with Crippen molar-refractivity contribution in [2.45, 2.75) is 6.54 Å². The van der Waals surface area contributed by atoms with E-state index in [4.69, 9.17) is 10.5 Å². The third kappa shape index (κ3) is 6.35. The highest BCUT2D eigenvalue weighted by molar-refractivity contribution is 5.91. The van der Waals surface area contributed by atoms with E-state index in [-0.39, 0.29) is 19.1 Å². The van der Waals surface area contributed by atoms with Crippen LogP contribution in [0.15, 0.2) is 49.6 Å². The van der Waals surface area contributed by atoms with Crippen LogP contribution in [0, 0.1) is 0 Å². The van der Waals surface area contributed by atoms with Gasteiger partial charge in [-0.05, 0) is 17.7 Å². The highest BCUT2D eigenvalue weighted by Crippen LogP contribution is 2.06. The fourth-order valence-electron chi connectivity index (χ4n) is 1.84. The number of carbonyl (C=O) groups excluding carboxylic acids is 3. The Morgan fingerprint density at radius 2 is 1.71 bits per heavy atom. The number of hydrogen-bond donors (Lipinski definition) is 2. The average Bonchev–Trinajstić information content (AvgIpc) is 2.57. The Labute approximate surface area is 140 Å². The molecule has 0 spiro atoms. The van der Waals surface area contributed by atoms with Gasteiger partial charge in [0.1, 0.15) is 0 Å². The van der Waals surface area contributed by atoms with E-state index in [1.807, 2.05) is 0 Å². The van der Waals surface area contributed by atoms with E-state index in [2.05, 4.69) is 18.5 Å². The Hall–Kier alpha value is -3.09. The summed E-state index contributed by atoms with van der Waals surface area (Å²) in [5, 5.41) is 2.44. The van der Waals surface area contributed by atoms with E-state index in [0.717, 1.165) is 5.56 Å². The molecule has 7 nitrogen and oxygen atoms in total. The lowest BCUT2D eigenvalue weighted by molar-refractivity contribution is -0.133. The molecule has 3 amide bonds. The van der Waals surface area contributed by atoms with Crippen LogP contribution >= 0.6 is 0 Å². The molecule has 0 saturated carbocycles. The van der Waals surface area contributed by atoms with Crippen LogP contribution in [0.1, 0.15) is 15.9 Å². The standard InChI is InChI=1S/C17H21N3O4/c1-3-9-20(10-4-2)15(21)12-24-16(22)14-7-5-13(6-8-14)11-19-17(18)23/h3-8H,1-2,9-12H2,(H3,18,19,23). The molecule has 0 saturated heterocycles. The lowest BCUT2D eigenvalue weighted by Crippen LogP contribution is -2.35. The first-order valence-electron chi connectivity index (χ1n) is 7.26. The maximum Gasteiger partial charge on any atom is 0.338 e. The zero-order valence-electron chi connectivity index (χ0n) is 13.4. The molecule has 1 aromatic carbocycles. The summed E-state index contributed by atoms with van der Waals surface area (Å²) in [6, 6.07) is 5.80. The third-order valence-electron chi connectivity index (χ3n) is 3.03. The van der Waals surface area contributed by atoms with Gasteiger partial charge < -0.3 is 20.7 Å². The second kappa shape index (κ2) is 9.83. The molecule has 0 bridgehead atoms. The quantitative estimate of drug-likeness (QED) is 0.524. The molecular formula is C17H21N3O4. The Morgan fingerprint density at radius 1 is 1.12 bits per heavy atom. The predicted octanol–water partition coefficient (Wildman–Crippen LogP) is 1.21. The van der Waals surface area contributed by atoms with Gasteiger partial charge in [-0.1, -0.05) is 24.3 Å². The number of urea groups is 1. The lowest BCUT2D eigenvalue weighted by atomic mass is 10.1. The summed E-state index contributed by atoms with van der Waals surface area (Å²) in [4.78, 5) is 36.0. The summed E-state index contributed by atoms with van der Waals surface area (Å²) in [5.74, 6) is -0.930. The Kier molecular flexibility index (Phi) is 7.77. The normalized spacial score (nSPS) is 9.67. The van der Waals surface area contributed by atoms with Crippen molar-refractivity contribution in [3.05, 3.63) is 60.7 Å². The average molecular weight is 331 g/mol. The van der Waals surface area contributed by atoms with Gasteiger partial charge in [-0.25, -0.2) is 9.59 Å². The minimum atomic E-state index is -0.624. The molecule has 24 heavy (non-hydrogen) atoms. The second-order valence-corrected chi connectivity index (χ2v) is 4.87. The summed E-state index contributed by atoms with van der Waals surface area (Å²) in [6.45, 7) is 7.76.